The van der Waals surface area contributed by atoms with E-state index in [0.29, 0.717) is 19.1 Å². The highest BCUT2D eigenvalue weighted by Gasteiger charge is 2.30. The van der Waals surface area contributed by atoms with Gasteiger partial charge in [0, 0.05) is 38.7 Å². The predicted octanol–water partition coefficient (Wildman–Crippen LogP) is 1.25. The van der Waals surface area contributed by atoms with Gasteiger partial charge in [0.1, 0.15) is 18.0 Å². The summed E-state index contributed by atoms with van der Waals surface area (Å²) in [5.41, 5.74) is 0. The van der Waals surface area contributed by atoms with E-state index in [-0.39, 0.29) is 6.61 Å². The molecule has 0 aliphatic carbocycles. The highest BCUT2D eigenvalue weighted by atomic mass is 16.7. The molecule has 1 unspecified atom stereocenters. The molecule has 0 saturated carbocycles. The molecule has 2 saturated heterocycles. The van der Waals surface area contributed by atoms with Crippen molar-refractivity contribution >= 4 is 11.6 Å². The molecule has 2 fully saturated rings. The summed E-state index contributed by atoms with van der Waals surface area (Å²) in [5.74, 6) is 1.58. The molecule has 0 radical (unpaired) electrons. The summed E-state index contributed by atoms with van der Waals surface area (Å²) in [5, 5.41) is 12.7. The Morgan fingerprint density at radius 3 is 3.00 bits per heavy atom. The third kappa shape index (κ3) is 4.31. The molecule has 3 heterocycles. The van der Waals surface area contributed by atoms with E-state index >= 15 is 0 Å². The van der Waals surface area contributed by atoms with E-state index in [1.807, 2.05) is 13.0 Å². The number of hydrogen-bond donors (Lipinski definition) is 2. The molecule has 1 atom stereocenters. The van der Waals surface area contributed by atoms with Crippen molar-refractivity contribution in [2.24, 2.45) is 5.92 Å². The summed E-state index contributed by atoms with van der Waals surface area (Å²) in [4.78, 5) is 10.9. The van der Waals surface area contributed by atoms with Crippen LogP contribution in [0.15, 0.2) is 12.4 Å². The minimum absolute atomic E-state index is 0.241. The SMILES string of the molecule is CC1(CCNc2cc(N3CCCC(CO)C3)ncn2)OCCO1. The quantitative estimate of drug-likeness (QED) is 0.816. The van der Waals surface area contributed by atoms with Gasteiger partial charge in [0.15, 0.2) is 5.79 Å². The van der Waals surface area contributed by atoms with Crippen LogP contribution in [0.4, 0.5) is 11.6 Å². The van der Waals surface area contributed by atoms with E-state index in [2.05, 4.69) is 20.2 Å². The largest absolute Gasteiger partial charge is 0.396 e. The Balaban J connectivity index is 1.54. The van der Waals surface area contributed by atoms with Gasteiger partial charge in [-0.1, -0.05) is 0 Å². The second-order valence-electron chi connectivity index (χ2n) is 6.41. The van der Waals surface area contributed by atoms with Crippen LogP contribution in [-0.2, 0) is 9.47 Å². The van der Waals surface area contributed by atoms with Gasteiger partial charge in [-0.3, -0.25) is 0 Å². The first-order chi connectivity index (χ1) is 11.2. The van der Waals surface area contributed by atoms with Gasteiger partial charge in [-0.05, 0) is 25.7 Å². The zero-order chi connectivity index (χ0) is 16.1. The fourth-order valence-corrected chi connectivity index (χ4v) is 3.16. The van der Waals surface area contributed by atoms with E-state index in [1.54, 1.807) is 6.33 Å². The van der Waals surface area contributed by atoms with Crippen LogP contribution in [0.5, 0.6) is 0 Å². The van der Waals surface area contributed by atoms with Crippen LogP contribution in [0.2, 0.25) is 0 Å². The lowest BCUT2D eigenvalue weighted by Crippen LogP contribution is -2.37. The summed E-state index contributed by atoms with van der Waals surface area (Å²) < 4.78 is 11.2. The highest BCUT2D eigenvalue weighted by Crippen LogP contribution is 2.24. The molecular weight excluding hydrogens is 296 g/mol. The third-order valence-corrected chi connectivity index (χ3v) is 4.54. The van der Waals surface area contributed by atoms with Crippen molar-refractivity contribution in [2.75, 3.05) is 49.7 Å². The molecule has 1 aromatic rings. The van der Waals surface area contributed by atoms with Gasteiger partial charge in [-0.25, -0.2) is 9.97 Å². The maximum atomic E-state index is 9.36. The average Bonchev–Trinajstić information content (AvgIpc) is 3.02. The number of nitrogens with one attached hydrogen (secondary N) is 1. The first-order valence-corrected chi connectivity index (χ1v) is 8.38. The van der Waals surface area contributed by atoms with Crippen molar-refractivity contribution in [1.29, 1.82) is 0 Å². The van der Waals surface area contributed by atoms with Crippen molar-refractivity contribution in [3.63, 3.8) is 0 Å². The third-order valence-electron chi connectivity index (χ3n) is 4.54. The fourth-order valence-electron chi connectivity index (χ4n) is 3.16. The highest BCUT2D eigenvalue weighted by molar-refractivity contribution is 5.48. The Morgan fingerprint density at radius 2 is 2.22 bits per heavy atom. The van der Waals surface area contributed by atoms with Crippen LogP contribution < -0.4 is 10.2 Å². The van der Waals surface area contributed by atoms with E-state index in [0.717, 1.165) is 50.5 Å². The Kier molecular flexibility index (Phi) is 5.30. The number of aliphatic hydroxyl groups excluding tert-OH is 1. The van der Waals surface area contributed by atoms with Crippen molar-refractivity contribution in [3.05, 3.63) is 12.4 Å². The monoisotopic (exact) mass is 322 g/mol. The van der Waals surface area contributed by atoms with Gasteiger partial charge in [-0.15, -0.1) is 0 Å². The predicted molar refractivity (Wildman–Crippen MR) is 87.5 cm³/mol. The van der Waals surface area contributed by atoms with Gasteiger partial charge in [0.05, 0.1) is 13.2 Å². The van der Waals surface area contributed by atoms with Crippen LogP contribution in [0, 0.1) is 5.92 Å². The smallest absolute Gasteiger partial charge is 0.167 e. The second kappa shape index (κ2) is 7.42. The molecule has 0 aromatic carbocycles. The van der Waals surface area contributed by atoms with Crippen LogP contribution in [0.3, 0.4) is 0 Å². The first kappa shape index (κ1) is 16.4. The van der Waals surface area contributed by atoms with Gasteiger partial charge >= 0.3 is 0 Å². The van der Waals surface area contributed by atoms with Crippen molar-refractivity contribution in [3.8, 4) is 0 Å². The summed E-state index contributed by atoms with van der Waals surface area (Å²) in [6.07, 6.45) is 4.53. The van der Waals surface area contributed by atoms with Gasteiger partial charge in [0.2, 0.25) is 0 Å². The normalized spacial score (nSPS) is 23.9. The summed E-state index contributed by atoms with van der Waals surface area (Å²) in [7, 11) is 0. The number of hydrogen-bond acceptors (Lipinski definition) is 7. The molecule has 1 aromatic heterocycles. The van der Waals surface area contributed by atoms with Crippen molar-refractivity contribution in [2.45, 2.75) is 32.0 Å². The maximum Gasteiger partial charge on any atom is 0.167 e. The molecule has 2 N–H and O–H groups in total. The van der Waals surface area contributed by atoms with E-state index < -0.39 is 5.79 Å². The molecule has 128 valence electrons. The molecule has 0 spiro atoms. The van der Waals surface area contributed by atoms with Gasteiger partial charge in [-0.2, -0.15) is 0 Å². The number of nitrogens with zero attached hydrogens (tertiary/aromatic N) is 3. The molecule has 23 heavy (non-hydrogen) atoms. The first-order valence-electron chi connectivity index (χ1n) is 8.38. The Morgan fingerprint density at radius 1 is 1.39 bits per heavy atom. The minimum Gasteiger partial charge on any atom is -0.396 e. The van der Waals surface area contributed by atoms with Gasteiger partial charge < -0.3 is 24.8 Å². The number of anilines is 2. The van der Waals surface area contributed by atoms with Crippen LogP contribution in [-0.4, -0.2) is 60.3 Å². The lowest BCUT2D eigenvalue weighted by molar-refractivity contribution is -0.144. The second-order valence-corrected chi connectivity index (χ2v) is 6.41. The molecule has 7 nitrogen and oxygen atoms in total. The summed E-state index contributed by atoms with van der Waals surface area (Å²) in [6.45, 7) is 6.09. The topological polar surface area (TPSA) is 79.7 Å². The lowest BCUT2D eigenvalue weighted by atomic mass is 9.99. The zero-order valence-corrected chi connectivity index (χ0v) is 13.7. The van der Waals surface area contributed by atoms with E-state index in [4.69, 9.17) is 9.47 Å². The lowest BCUT2D eigenvalue weighted by Gasteiger charge is -2.32. The molecule has 2 aliphatic heterocycles. The number of aliphatic hydroxyl groups is 1. The molecule has 2 aliphatic rings. The fraction of sp³-hybridized carbons (Fsp3) is 0.750. The Labute approximate surface area is 137 Å². The molecule has 7 heteroatoms. The standard InChI is InChI=1S/C16H26N4O3/c1-16(22-7-8-23-16)4-5-17-14-9-15(19-12-18-14)20-6-2-3-13(10-20)11-21/h9,12-13,21H,2-8,10-11H2,1H3,(H,17,18,19). The minimum atomic E-state index is -0.482. The molecule has 0 amide bonds. The van der Waals surface area contributed by atoms with E-state index in [1.165, 1.54) is 0 Å². The summed E-state index contributed by atoms with van der Waals surface area (Å²) >= 11 is 0. The summed E-state index contributed by atoms with van der Waals surface area (Å²) in [6, 6.07) is 1.97. The van der Waals surface area contributed by atoms with Gasteiger partial charge in [0.25, 0.3) is 0 Å². The Hall–Kier alpha value is -1.44. The van der Waals surface area contributed by atoms with E-state index in [9.17, 15) is 5.11 Å². The molecular formula is C16H26N4O3. The van der Waals surface area contributed by atoms with Crippen LogP contribution in [0.25, 0.3) is 0 Å². The van der Waals surface area contributed by atoms with Crippen molar-refractivity contribution in [1.82, 2.24) is 9.97 Å². The Bertz CT molecular complexity index is 508. The average molecular weight is 322 g/mol. The van der Waals surface area contributed by atoms with Crippen LogP contribution >= 0.6 is 0 Å². The molecule has 3 rings (SSSR count). The zero-order valence-electron chi connectivity index (χ0n) is 13.7. The number of piperidine rings is 1. The number of aromatic nitrogens is 2. The molecule has 0 bridgehead atoms. The van der Waals surface area contributed by atoms with Crippen molar-refractivity contribution < 1.29 is 14.6 Å². The number of rotatable bonds is 6. The maximum absolute atomic E-state index is 9.36. The number of ether oxygens (including phenoxy) is 2. The van der Waals surface area contributed by atoms with Crippen LogP contribution in [0.1, 0.15) is 26.2 Å².